The Hall–Kier alpha value is -1.64. The highest BCUT2D eigenvalue weighted by molar-refractivity contribution is 7.89. The summed E-state index contributed by atoms with van der Waals surface area (Å²) in [6.07, 6.45) is 1.66. The molecular weight excluding hydrogens is 368 g/mol. The third kappa shape index (κ3) is 4.62. The highest BCUT2D eigenvalue weighted by Crippen LogP contribution is 2.25. The second-order valence-corrected chi connectivity index (χ2v) is 9.68. The number of nitrogens with zero attached hydrogens (tertiary/aromatic N) is 2. The lowest BCUT2D eigenvalue weighted by atomic mass is 10.2. The number of sulfonamides is 1. The molecule has 27 heavy (non-hydrogen) atoms. The first kappa shape index (κ1) is 20.1. The van der Waals surface area contributed by atoms with Crippen LogP contribution >= 0.6 is 0 Å². The van der Waals surface area contributed by atoms with Gasteiger partial charge >= 0.3 is 0 Å². The second kappa shape index (κ2) is 8.58. The lowest BCUT2D eigenvalue weighted by Crippen LogP contribution is -2.42. The molecule has 150 valence electrons. The van der Waals surface area contributed by atoms with E-state index >= 15 is 0 Å². The SMILES string of the molecule is CC(C)S(=O)(=O)N1CCCC1COc1ccc(C(=O)N2CCOCC2)cc1. The fourth-order valence-electron chi connectivity index (χ4n) is 3.42. The van der Waals surface area contributed by atoms with Crippen molar-refractivity contribution >= 4 is 15.9 Å². The van der Waals surface area contributed by atoms with Gasteiger partial charge in [-0.2, -0.15) is 4.31 Å². The molecule has 1 atom stereocenters. The Balaban J connectivity index is 1.58. The standard InChI is InChI=1S/C19H28N2O5S/c1-15(2)27(23,24)21-9-3-4-17(21)14-26-18-7-5-16(6-8-18)19(22)20-10-12-25-13-11-20/h5-8,15,17H,3-4,9-14H2,1-2H3. The molecule has 1 aromatic carbocycles. The van der Waals surface area contributed by atoms with E-state index in [1.54, 1.807) is 47.3 Å². The van der Waals surface area contributed by atoms with Crippen molar-refractivity contribution in [2.45, 2.75) is 38.0 Å². The zero-order chi connectivity index (χ0) is 19.4. The molecule has 1 unspecified atom stereocenters. The molecule has 1 aromatic rings. The summed E-state index contributed by atoms with van der Waals surface area (Å²) in [5.74, 6) is 0.636. The van der Waals surface area contributed by atoms with Gasteiger partial charge < -0.3 is 14.4 Å². The van der Waals surface area contributed by atoms with Crippen molar-refractivity contribution in [1.29, 1.82) is 0 Å². The van der Waals surface area contributed by atoms with Crippen LogP contribution in [0.25, 0.3) is 0 Å². The minimum absolute atomic E-state index is 0.00477. The average Bonchev–Trinajstić information content (AvgIpc) is 3.16. The molecule has 0 aliphatic carbocycles. The van der Waals surface area contributed by atoms with E-state index in [4.69, 9.17) is 9.47 Å². The van der Waals surface area contributed by atoms with Gasteiger partial charge in [-0.15, -0.1) is 0 Å². The van der Waals surface area contributed by atoms with E-state index in [0.29, 0.717) is 50.8 Å². The van der Waals surface area contributed by atoms with Gasteiger partial charge in [-0.25, -0.2) is 8.42 Å². The van der Waals surface area contributed by atoms with Crippen LogP contribution in [0.3, 0.4) is 0 Å². The monoisotopic (exact) mass is 396 g/mol. The molecule has 2 saturated heterocycles. The predicted octanol–water partition coefficient (Wildman–Crippen LogP) is 1.74. The number of ether oxygens (including phenoxy) is 2. The van der Waals surface area contributed by atoms with E-state index in [1.807, 2.05) is 0 Å². The van der Waals surface area contributed by atoms with Crippen molar-refractivity contribution in [3.63, 3.8) is 0 Å². The molecule has 2 heterocycles. The number of hydrogen-bond donors (Lipinski definition) is 0. The number of amides is 1. The van der Waals surface area contributed by atoms with Gasteiger partial charge in [0, 0.05) is 25.2 Å². The average molecular weight is 397 g/mol. The van der Waals surface area contributed by atoms with Crippen LogP contribution in [-0.4, -0.2) is 74.3 Å². The summed E-state index contributed by atoms with van der Waals surface area (Å²) in [5, 5.41) is -0.427. The lowest BCUT2D eigenvalue weighted by molar-refractivity contribution is 0.0303. The smallest absolute Gasteiger partial charge is 0.254 e. The topological polar surface area (TPSA) is 76.2 Å². The molecule has 2 aliphatic heterocycles. The van der Waals surface area contributed by atoms with Crippen molar-refractivity contribution in [3.8, 4) is 5.75 Å². The minimum atomic E-state index is -3.27. The van der Waals surface area contributed by atoms with Crippen LogP contribution in [0.4, 0.5) is 0 Å². The maximum Gasteiger partial charge on any atom is 0.254 e. The summed E-state index contributed by atoms with van der Waals surface area (Å²) in [6, 6.07) is 6.91. The Morgan fingerprint density at radius 2 is 1.85 bits per heavy atom. The third-order valence-corrected chi connectivity index (χ3v) is 7.41. The molecule has 0 aromatic heterocycles. The van der Waals surface area contributed by atoms with E-state index in [2.05, 4.69) is 0 Å². The summed E-state index contributed by atoms with van der Waals surface area (Å²) in [5.41, 5.74) is 0.620. The predicted molar refractivity (Wildman–Crippen MR) is 102 cm³/mol. The molecule has 2 fully saturated rings. The Morgan fingerprint density at radius 3 is 2.48 bits per heavy atom. The van der Waals surface area contributed by atoms with Crippen molar-refractivity contribution in [2.75, 3.05) is 39.5 Å². The van der Waals surface area contributed by atoms with Crippen LogP contribution in [0.1, 0.15) is 37.0 Å². The molecular formula is C19H28N2O5S. The summed E-state index contributed by atoms with van der Waals surface area (Å²) in [4.78, 5) is 14.2. The molecule has 0 saturated carbocycles. The minimum Gasteiger partial charge on any atom is -0.492 e. The number of hydrogen-bond acceptors (Lipinski definition) is 5. The zero-order valence-electron chi connectivity index (χ0n) is 16.0. The summed E-state index contributed by atoms with van der Waals surface area (Å²) in [7, 11) is -3.27. The Bertz CT molecular complexity index is 742. The first-order valence-corrected chi connectivity index (χ1v) is 11.0. The van der Waals surface area contributed by atoms with Gasteiger partial charge in [-0.3, -0.25) is 4.79 Å². The molecule has 1 amide bonds. The van der Waals surface area contributed by atoms with E-state index < -0.39 is 15.3 Å². The Morgan fingerprint density at radius 1 is 1.19 bits per heavy atom. The first-order chi connectivity index (χ1) is 12.9. The quantitative estimate of drug-likeness (QED) is 0.732. The fraction of sp³-hybridized carbons (Fsp3) is 0.632. The third-order valence-electron chi connectivity index (χ3n) is 5.09. The lowest BCUT2D eigenvalue weighted by Gasteiger charge is -2.27. The second-order valence-electron chi connectivity index (χ2n) is 7.24. The number of morpholine rings is 1. The molecule has 2 aliphatic rings. The van der Waals surface area contributed by atoms with Gasteiger partial charge in [-0.1, -0.05) is 0 Å². The van der Waals surface area contributed by atoms with Gasteiger partial charge in [0.05, 0.1) is 24.5 Å². The first-order valence-electron chi connectivity index (χ1n) is 9.50. The number of carbonyl (C=O) groups is 1. The van der Waals surface area contributed by atoms with Crippen LogP contribution in [0.2, 0.25) is 0 Å². The molecule has 0 spiro atoms. The van der Waals surface area contributed by atoms with Crippen molar-refractivity contribution < 1.29 is 22.7 Å². The number of carbonyl (C=O) groups excluding carboxylic acids is 1. The highest BCUT2D eigenvalue weighted by Gasteiger charge is 2.36. The van der Waals surface area contributed by atoms with Crippen LogP contribution in [-0.2, 0) is 14.8 Å². The Labute approximate surface area is 161 Å². The van der Waals surface area contributed by atoms with Crippen LogP contribution in [0, 0.1) is 0 Å². The van der Waals surface area contributed by atoms with Crippen molar-refractivity contribution in [3.05, 3.63) is 29.8 Å². The van der Waals surface area contributed by atoms with Crippen LogP contribution in [0.15, 0.2) is 24.3 Å². The largest absolute Gasteiger partial charge is 0.492 e. The summed E-state index contributed by atoms with van der Waals surface area (Å²) >= 11 is 0. The van der Waals surface area contributed by atoms with Gasteiger partial charge in [0.1, 0.15) is 12.4 Å². The summed E-state index contributed by atoms with van der Waals surface area (Å²) in [6.45, 7) is 6.65. The highest BCUT2D eigenvalue weighted by atomic mass is 32.2. The molecule has 3 rings (SSSR count). The maximum atomic E-state index is 12.5. The number of benzene rings is 1. The number of rotatable bonds is 6. The van der Waals surface area contributed by atoms with E-state index in [1.165, 1.54) is 0 Å². The fourth-order valence-corrected chi connectivity index (χ4v) is 4.92. The van der Waals surface area contributed by atoms with Gasteiger partial charge in [0.2, 0.25) is 10.0 Å². The van der Waals surface area contributed by atoms with E-state index in [0.717, 1.165) is 12.8 Å². The normalized spacial score (nSPS) is 21.6. The van der Waals surface area contributed by atoms with Crippen LogP contribution in [0.5, 0.6) is 5.75 Å². The maximum absolute atomic E-state index is 12.5. The van der Waals surface area contributed by atoms with Crippen molar-refractivity contribution in [1.82, 2.24) is 9.21 Å². The van der Waals surface area contributed by atoms with Gasteiger partial charge in [0.25, 0.3) is 5.91 Å². The molecule has 7 nitrogen and oxygen atoms in total. The molecule has 0 radical (unpaired) electrons. The van der Waals surface area contributed by atoms with Gasteiger partial charge in [0.15, 0.2) is 0 Å². The van der Waals surface area contributed by atoms with Crippen LogP contribution < -0.4 is 4.74 Å². The van der Waals surface area contributed by atoms with E-state index in [9.17, 15) is 13.2 Å². The zero-order valence-corrected chi connectivity index (χ0v) is 16.8. The Kier molecular flexibility index (Phi) is 6.39. The molecule has 0 bridgehead atoms. The van der Waals surface area contributed by atoms with Crippen molar-refractivity contribution in [2.24, 2.45) is 0 Å². The molecule has 8 heteroatoms. The molecule has 0 N–H and O–H groups in total. The van der Waals surface area contributed by atoms with Gasteiger partial charge in [-0.05, 0) is 51.0 Å². The summed E-state index contributed by atoms with van der Waals surface area (Å²) < 4.78 is 37.6. The van der Waals surface area contributed by atoms with E-state index in [-0.39, 0.29) is 11.9 Å².